The Bertz CT molecular complexity index is 1310. The molecule has 4 heterocycles. The van der Waals surface area contributed by atoms with Crippen LogP contribution in [0.25, 0.3) is 11.3 Å². The second-order valence-corrected chi connectivity index (χ2v) is 8.90. The zero-order chi connectivity index (χ0) is 24.6. The monoisotopic (exact) mass is 463 g/mol. The van der Waals surface area contributed by atoms with Crippen molar-refractivity contribution in [3.63, 3.8) is 0 Å². The second-order valence-electron chi connectivity index (χ2n) is 8.90. The Morgan fingerprint density at radius 1 is 1.29 bits per heavy atom. The lowest BCUT2D eigenvalue weighted by molar-refractivity contribution is 0.0572. The van der Waals surface area contributed by atoms with Crippen LogP contribution in [0.3, 0.4) is 0 Å². The van der Waals surface area contributed by atoms with E-state index in [4.69, 9.17) is 10.1 Å². The van der Waals surface area contributed by atoms with E-state index in [1.807, 2.05) is 30.5 Å². The van der Waals surface area contributed by atoms with Crippen molar-refractivity contribution in [3.05, 3.63) is 64.7 Å². The number of rotatable bonds is 6. The standard InChI is InChI=1S/C25H29N5O4/c1-15-12-30-13-17(5-6-19(30)21(15)23(31)27-4)34-20(7-9-26)22-16(2)18(11-28-22)24(32)29-10-8-25(3,33)14-29/h5-7,9,11-13,26,28,33H,8,10,14H2,1-4H3,(H,27,31)/b20-7+,26-9?. The molecule has 1 unspecified atom stereocenters. The summed E-state index contributed by atoms with van der Waals surface area (Å²) in [7, 11) is 1.60. The van der Waals surface area contributed by atoms with Crippen molar-refractivity contribution < 1.29 is 19.4 Å². The van der Waals surface area contributed by atoms with Crippen molar-refractivity contribution in [1.82, 2.24) is 19.6 Å². The second kappa shape index (κ2) is 8.83. The lowest BCUT2D eigenvalue weighted by Gasteiger charge is -2.19. The van der Waals surface area contributed by atoms with E-state index in [0.29, 0.717) is 53.4 Å². The van der Waals surface area contributed by atoms with Crippen molar-refractivity contribution in [1.29, 1.82) is 5.41 Å². The van der Waals surface area contributed by atoms with Gasteiger partial charge in [0, 0.05) is 44.8 Å². The molecular weight excluding hydrogens is 434 g/mol. The van der Waals surface area contributed by atoms with Gasteiger partial charge in [0.25, 0.3) is 11.8 Å². The molecular formula is C25H29N5O4. The summed E-state index contributed by atoms with van der Waals surface area (Å²) in [6, 6.07) is 3.57. The number of fused-ring (bicyclic) bond motifs is 1. The van der Waals surface area contributed by atoms with Gasteiger partial charge in [-0.15, -0.1) is 0 Å². The van der Waals surface area contributed by atoms with Gasteiger partial charge in [0.1, 0.15) is 5.75 Å². The van der Waals surface area contributed by atoms with Crippen molar-refractivity contribution in [2.75, 3.05) is 20.1 Å². The minimum atomic E-state index is -0.871. The van der Waals surface area contributed by atoms with Gasteiger partial charge in [0.15, 0.2) is 5.76 Å². The third-order valence-electron chi connectivity index (χ3n) is 6.21. The first-order valence-corrected chi connectivity index (χ1v) is 11.1. The minimum absolute atomic E-state index is 0.155. The maximum Gasteiger partial charge on any atom is 0.255 e. The zero-order valence-corrected chi connectivity index (χ0v) is 19.7. The summed E-state index contributed by atoms with van der Waals surface area (Å²) in [6.07, 6.45) is 8.43. The van der Waals surface area contributed by atoms with E-state index >= 15 is 0 Å². The summed E-state index contributed by atoms with van der Waals surface area (Å²) >= 11 is 0. The number of nitrogens with one attached hydrogen (secondary N) is 3. The number of aryl methyl sites for hydroxylation is 1. The molecule has 4 N–H and O–H groups in total. The van der Waals surface area contributed by atoms with Crippen molar-refractivity contribution in [2.24, 2.45) is 0 Å². The molecule has 3 aromatic rings. The Balaban J connectivity index is 1.62. The summed E-state index contributed by atoms with van der Waals surface area (Å²) in [5, 5.41) is 20.4. The van der Waals surface area contributed by atoms with Crippen molar-refractivity contribution in [3.8, 4) is 5.75 Å². The molecule has 0 aromatic carbocycles. The highest BCUT2D eigenvalue weighted by Crippen LogP contribution is 2.29. The Kier molecular flexibility index (Phi) is 6.05. The number of H-pyrrole nitrogens is 1. The quantitative estimate of drug-likeness (QED) is 0.332. The number of hydrogen-bond acceptors (Lipinski definition) is 5. The van der Waals surface area contributed by atoms with E-state index in [9.17, 15) is 14.7 Å². The van der Waals surface area contributed by atoms with Gasteiger partial charge in [0.05, 0.1) is 34.1 Å². The number of carbonyl (C=O) groups is 2. The molecule has 1 aliphatic rings. The fourth-order valence-electron chi connectivity index (χ4n) is 4.41. The zero-order valence-electron chi connectivity index (χ0n) is 19.7. The molecule has 1 atom stereocenters. The highest BCUT2D eigenvalue weighted by molar-refractivity contribution is 6.02. The maximum absolute atomic E-state index is 13.0. The average Bonchev–Trinajstić information content (AvgIpc) is 3.45. The number of pyridine rings is 1. The summed E-state index contributed by atoms with van der Waals surface area (Å²) < 4.78 is 7.94. The summed E-state index contributed by atoms with van der Waals surface area (Å²) in [4.78, 5) is 30.0. The average molecular weight is 464 g/mol. The molecule has 9 nitrogen and oxygen atoms in total. The van der Waals surface area contributed by atoms with Gasteiger partial charge in [-0.3, -0.25) is 9.59 Å². The maximum atomic E-state index is 13.0. The molecule has 3 aromatic heterocycles. The largest absolute Gasteiger partial charge is 0.454 e. The molecule has 1 aliphatic heterocycles. The lowest BCUT2D eigenvalue weighted by Crippen LogP contribution is -2.34. The van der Waals surface area contributed by atoms with Crippen LogP contribution in [0.15, 0.2) is 36.8 Å². The van der Waals surface area contributed by atoms with Gasteiger partial charge in [-0.05, 0) is 50.5 Å². The molecule has 2 amide bonds. The first-order chi connectivity index (χ1) is 16.1. The normalized spacial score (nSPS) is 18.4. The Morgan fingerprint density at radius 3 is 2.71 bits per heavy atom. The number of allylic oxidation sites excluding steroid dienone is 1. The van der Waals surface area contributed by atoms with E-state index < -0.39 is 5.60 Å². The summed E-state index contributed by atoms with van der Waals surface area (Å²) in [5.41, 5.74) is 3.12. The van der Waals surface area contributed by atoms with Crippen molar-refractivity contribution >= 4 is 29.3 Å². The molecule has 0 aliphatic carbocycles. The van der Waals surface area contributed by atoms with Crippen LogP contribution >= 0.6 is 0 Å². The Labute approximate surface area is 197 Å². The predicted octanol–water partition coefficient (Wildman–Crippen LogP) is 2.91. The fourth-order valence-corrected chi connectivity index (χ4v) is 4.41. The topological polar surface area (TPSA) is 123 Å². The molecule has 0 bridgehead atoms. The molecule has 178 valence electrons. The number of aliphatic hydroxyl groups is 1. The number of aromatic nitrogens is 2. The molecule has 0 saturated carbocycles. The van der Waals surface area contributed by atoms with E-state index in [1.165, 1.54) is 6.08 Å². The molecule has 1 saturated heterocycles. The SMILES string of the molecule is CNC(=O)c1c(C)cn2cc(O/C(=C/C=N)c3[nH]cc(C(=O)N4CCC(C)(O)C4)c3C)ccc12. The number of ether oxygens (including phenoxy) is 1. The van der Waals surface area contributed by atoms with Gasteiger partial charge in [0.2, 0.25) is 0 Å². The third-order valence-corrected chi connectivity index (χ3v) is 6.21. The van der Waals surface area contributed by atoms with Crippen LogP contribution in [0.1, 0.15) is 50.9 Å². The van der Waals surface area contributed by atoms with Gasteiger partial charge in [-0.1, -0.05) is 0 Å². The Hall–Kier alpha value is -3.85. The van der Waals surface area contributed by atoms with Gasteiger partial charge < -0.3 is 34.9 Å². The number of aromatic amines is 1. The number of carbonyl (C=O) groups excluding carboxylic acids is 2. The van der Waals surface area contributed by atoms with Crippen LogP contribution in [0, 0.1) is 19.3 Å². The smallest absolute Gasteiger partial charge is 0.255 e. The molecule has 34 heavy (non-hydrogen) atoms. The van der Waals surface area contributed by atoms with Gasteiger partial charge >= 0.3 is 0 Å². The van der Waals surface area contributed by atoms with Crippen LogP contribution in [-0.2, 0) is 0 Å². The molecule has 1 fully saturated rings. The lowest BCUT2D eigenvalue weighted by atomic mass is 10.1. The highest BCUT2D eigenvalue weighted by atomic mass is 16.5. The molecule has 9 heteroatoms. The predicted molar refractivity (Wildman–Crippen MR) is 130 cm³/mol. The van der Waals surface area contributed by atoms with Crippen LogP contribution in [0.5, 0.6) is 5.75 Å². The minimum Gasteiger partial charge on any atom is -0.454 e. The van der Waals surface area contributed by atoms with Crippen LogP contribution in [-0.4, -0.2) is 63.2 Å². The van der Waals surface area contributed by atoms with Crippen LogP contribution in [0.2, 0.25) is 0 Å². The molecule has 0 spiro atoms. The first kappa shape index (κ1) is 23.3. The number of nitrogens with zero attached hydrogens (tertiary/aromatic N) is 2. The summed E-state index contributed by atoms with van der Waals surface area (Å²) in [5.74, 6) is 0.584. The summed E-state index contributed by atoms with van der Waals surface area (Å²) in [6.45, 7) is 6.22. The Morgan fingerprint density at radius 2 is 2.06 bits per heavy atom. The molecule has 0 radical (unpaired) electrons. The molecule has 4 rings (SSSR count). The highest BCUT2D eigenvalue weighted by Gasteiger charge is 2.35. The van der Waals surface area contributed by atoms with E-state index in [-0.39, 0.29) is 11.8 Å². The first-order valence-electron chi connectivity index (χ1n) is 11.1. The number of amides is 2. The van der Waals surface area contributed by atoms with Gasteiger partial charge in [-0.25, -0.2) is 0 Å². The van der Waals surface area contributed by atoms with E-state index in [1.54, 1.807) is 37.3 Å². The van der Waals surface area contributed by atoms with Crippen LogP contribution in [0.4, 0.5) is 0 Å². The number of β-amino-alcohol motifs (C(OH)–C–C–N with tert-alkyl or cyclic N) is 1. The number of likely N-dealkylation sites (tertiary alicyclic amines) is 1. The van der Waals surface area contributed by atoms with Gasteiger partial charge in [-0.2, -0.15) is 0 Å². The van der Waals surface area contributed by atoms with Crippen molar-refractivity contribution in [2.45, 2.75) is 32.8 Å². The number of hydrogen-bond donors (Lipinski definition) is 4. The van der Waals surface area contributed by atoms with Crippen LogP contribution < -0.4 is 10.1 Å². The fraction of sp³-hybridized carbons (Fsp3) is 0.320. The van der Waals surface area contributed by atoms with E-state index in [2.05, 4.69) is 10.3 Å². The third kappa shape index (κ3) is 4.22. The van der Waals surface area contributed by atoms with E-state index in [0.717, 1.165) is 17.3 Å².